The molecule has 0 fully saturated rings. The maximum Gasteiger partial charge on any atom is 0.340 e. The zero-order chi connectivity index (χ0) is 20.7. The van der Waals surface area contributed by atoms with Crippen LogP contribution in [0.3, 0.4) is 0 Å². The summed E-state index contributed by atoms with van der Waals surface area (Å²) >= 11 is 0. The van der Waals surface area contributed by atoms with E-state index >= 15 is 0 Å². The van der Waals surface area contributed by atoms with Gasteiger partial charge in [0.05, 0.1) is 24.8 Å². The van der Waals surface area contributed by atoms with Crippen LogP contribution in [-0.2, 0) is 14.3 Å². The molecule has 0 aliphatic heterocycles. The second-order valence-corrected chi connectivity index (χ2v) is 5.95. The Labute approximate surface area is 163 Å². The zero-order valence-electron chi connectivity index (χ0n) is 16.3. The quantitative estimate of drug-likeness (QED) is 0.426. The normalized spacial score (nSPS) is 10.7. The summed E-state index contributed by atoms with van der Waals surface area (Å²) in [6, 6.07) is 7.17. The number of hydrogen-bond donors (Lipinski definition) is 1. The maximum absolute atomic E-state index is 12.5. The molecule has 28 heavy (non-hydrogen) atoms. The van der Waals surface area contributed by atoms with Crippen LogP contribution in [0.2, 0.25) is 0 Å². The minimum Gasteiger partial charge on any atom is -0.496 e. The van der Waals surface area contributed by atoms with Crippen LogP contribution in [0.15, 0.2) is 30.3 Å². The Bertz CT molecular complexity index is 910. The molecule has 0 saturated heterocycles. The first-order valence-corrected chi connectivity index (χ1v) is 8.76. The van der Waals surface area contributed by atoms with Gasteiger partial charge in [0.25, 0.3) is 0 Å². The molecule has 0 bridgehead atoms. The molecule has 0 radical (unpaired) electrons. The lowest BCUT2D eigenvalue weighted by molar-refractivity contribution is -0.136. The number of aryl methyl sites for hydroxylation is 2. The first-order chi connectivity index (χ1) is 13.4. The highest BCUT2D eigenvalue weighted by atomic mass is 16.5. The van der Waals surface area contributed by atoms with Crippen LogP contribution in [0.5, 0.6) is 5.75 Å². The molecule has 2 aromatic rings. The number of H-pyrrole nitrogens is 1. The average Bonchev–Trinajstić information content (AvgIpc) is 2.98. The number of rotatable bonds is 8. The molecule has 1 N–H and O–H groups in total. The van der Waals surface area contributed by atoms with Gasteiger partial charge in [-0.2, -0.15) is 0 Å². The number of ether oxygens (including phenoxy) is 3. The summed E-state index contributed by atoms with van der Waals surface area (Å²) in [7, 11) is 1.53. The Morgan fingerprint density at radius 1 is 1.04 bits per heavy atom. The summed E-state index contributed by atoms with van der Waals surface area (Å²) in [5, 5.41) is 0. The van der Waals surface area contributed by atoms with Gasteiger partial charge in [0.15, 0.2) is 6.61 Å². The zero-order valence-corrected chi connectivity index (χ0v) is 16.3. The van der Waals surface area contributed by atoms with E-state index in [1.807, 2.05) is 12.1 Å². The fourth-order valence-electron chi connectivity index (χ4n) is 2.81. The van der Waals surface area contributed by atoms with E-state index in [9.17, 15) is 14.4 Å². The van der Waals surface area contributed by atoms with Gasteiger partial charge in [-0.15, -0.1) is 0 Å². The van der Waals surface area contributed by atoms with Gasteiger partial charge in [-0.25, -0.2) is 9.59 Å². The smallest absolute Gasteiger partial charge is 0.340 e. The summed E-state index contributed by atoms with van der Waals surface area (Å²) in [5.74, 6) is -1.14. The molecule has 7 nitrogen and oxygen atoms in total. The molecule has 2 rings (SSSR count). The minimum atomic E-state index is -0.679. The molecular weight excluding hydrogens is 362 g/mol. The number of aromatic nitrogens is 1. The van der Waals surface area contributed by atoms with Crippen molar-refractivity contribution in [1.29, 1.82) is 0 Å². The molecule has 0 aliphatic carbocycles. The standard InChI is InChI=1S/C21H23NO6/c1-5-27-21(25)20-14(3)22-13(2)19(20)16(23)12-28-18(24)11-10-15-8-6-7-9-17(15)26-4/h6-11,22H,5,12H2,1-4H3/b11-10+. The molecule has 0 unspecified atom stereocenters. The summed E-state index contributed by atoms with van der Waals surface area (Å²) in [4.78, 5) is 39.6. The molecule has 148 valence electrons. The Kier molecular flexibility index (Phi) is 7.14. The number of methoxy groups -OCH3 is 1. The van der Waals surface area contributed by atoms with Crippen molar-refractivity contribution in [3.63, 3.8) is 0 Å². The van der Waals surface area contributed by atoms with Crippen molar-refractivity contribution in [2.24, 2.45) is 0 Å². The number of carbonyl (C=O) groups excluding carboxylic acids is 3. The van der Waals surface area contributed by atoms with Crippen molar-refractivity contribution in [3.05, 3.63) is 58.4 Å². The summed E-state index contributed by atoms with van der Waals surface area (Å²) in [5.41, 5.74) is 2.10. The third kappa shape index (κ3) is 4.88. The van der Waals surface area contributed by atoms with E-state index in [-0.39, 0.29) is 17.7 Å². The van der Waals surface area contributed by atoms with Crippen LogP contribution in [0.25, 0.3) is 6.08 Å². The average molecular weight is 385 g/mol. The number of aromatic amines is 1. The predicted molar refractivity (Wildman–Crippen MR) is 104 cm³/mol. The summed E-state index contributed by atoms with van der Waals surface area (Å²) in [6.07, 6.45) is 2.76. The van der Waals surface area contributed by atoms with Crippen LogP contribution in [0.1, 0.15) is 44.6 Å². The van der Waals surface area contributed by atoms with Gasteiger partial charge in [-0.3, -0.25) is 4.79 Å². The van der Waals surface area contributed by atoms with E-state index in [0.717, 1.165) is 0 Å². The minimum absolute atomic E-state index is 0.171. The largest absolute Gasteiger partial charge is 0.496 e. The third-order valence-electron chi connectivity index (χ3n) is 4.02. The fourth-order valence-corrected chi connectivity index (χ4v) is 2.81. The van der Waals surface area contributed by atoms with Gasteiger partial charge in [0, 0.05) is 23.0 Å². The molecule has 0 saturated carbocycles. The topological polar surface area (TPSA) is 94.7 Å². The lowest BCUT2D eigenvalue weighted by Gasteiger charge is -2.06. The molecular formula is C21H23NO6. The van der Waals surface area contributed by atoms with E-state index in [1.165, 1.54) is 13.2 Å². The van der Waals surface area contributed by atoms with Crippen LogP contribution >= 0.6 is 0 Å². The Morgan fingerprint density at radius 2 is 1.71 bits per heavy atom. The van der Waals surface area contributed by atoms with Gasteiger partial charge in [-0.05, 0) is 32.9 Å². The van der Waals surface area contributed by atoms with E-state index in [0.29, 0.717) is 22.7 Å². The highest BCUT2D eigenvalue weighted by Crippen LogP contribution is 2.21. The molecule has 0 atom stereocenters. The number of carbonyl (C=O) groups is 3. The molecule has 7 heteroatoms. The predicted octanol–water partition coefficient (Wildman–Crippen LogP) is 3.26. The molecule has 0 spiro atoms. The molecule has 1 heterocycles. The number of Topliss-reactive ketones (excluding diaryl/α,β-unsaturated/α-hetero) is 1. The lowest BCUT2D eigenvalue weighted by Crippen LogP contribution is -2.17. The van der Waals surface area contributed by atoms with Gasteiger partial charge >= 0.3 is 11.9 Å². The van der Waals surface area contributed by atoms with Gasteiger partial charge in [0.2, 0.25) is 5.78 Å². The number of nitrogens with one attached hydrogen (secondary N) is 1. The van der Waals surface area contributed by atoms with Gasteiger partial charge in [0.1, 0.15) is 5.75 Å². The summed E-state index contributed by atoms with van der Waals surface area (Å²) in [6.45, 7) is 4.74. The number of ketones is 1. The van der Waals surface area contributed by atoms with Crippen LogP contribution in [0, 0.1) is 13.8 Å². The second-order valence-electron chi connectivity index (χ2n) is 5.95. The van der Waals surface area contributed by atoms with Crippen molar-refractivity contribution >= 4 is 23.8 Å². The first kappa shape index (κ1) is 21.0. The van der Waals surface area contributed by atoms with Crippen molar-refractivity contribution in [2.75, 3.05) is 20.3 Å². The van der Waals surface area contributed by atoms with Crippen molar-refractivity contribution in [3.8, 4) is 5.75 Å². The van der Waals surface area contributed by atoms with E-state index in [2.05, 4.69) is 4.98 Å². The van der Waals surface area contributed by atoms with Crippen LogP contribution in [-0.4, -0.2) is 43.0 Å². The number of esters is 2. The lowest BCUT2D eigenvalue weighted by atomic mass is 10.1. The fraction of sp³-hybridized carbons (Fsp3) is 0.286. The molecule has 1 aromatic carbocycles. The highest BCUT2D eigenvalue weighted by Gasteiger charge is 2.25. The van der Waals surface area contributed by atoms with Crippen molar-refractivity contribution < 1.29 is 28.6 Å². The van der Waals surface area contributed by atoms with Crippen LogP contribution in [0.4, 0.5) is 0 Å². The Balaban J connectivity index is 2.07. The van der Waals surface area contributed by atoms with Crippen molar-refractivity contribution in [2.45, 2.75) is 20.8 Å². The Morgan fingerprint density at radius 3 is 2.39 bits per heavy atom. The van der Waals surface area contributed by atoms with E-state index in [1.54, 1.807) is 39.0 Å². The van der Waals surface area contributed by atoms with Gasteiger partial charge in [-0.1, -0.05) is 18.2 Å². The second kappa shape index (κ2) is 9.55. The maximum atomic E-state index is 12.5. The van der Waals surface area contributed by atoms with Crippen LogP contribution < -0.4 is 4.74 Å². The molecule has 0 aliphatic rings. The Hall–Kier alpha value is -3.35. The molecule has 1 aromatic heterocycles. The van der Waals surface area contributed by atoms with E-state index < -0.39 is 24.3 Å². The van der Waals surface area contributed by atoms with Gasteiger partial charge < -0.3 is 19.2 Å². The van der Waals surface area contributed by atoms with Crippen molar-refractivity contribution in [1.82, 2.24) is 4.98 Å². The third-order valence-corrected chi connectivity index (χ3v) is 4.02. The first-order valence-electron chi connectivity index (χ1n) is 8.76. The van der Waals surface area contributed by atoms with E-state index in [4.69, 9.17) is 14.2 Å². The monoisotopic (exact) mass is 385 g/mol. The number of para-hydroxylation sites is 1. The molecule has 0 amide bonds. The number of hydrogen-bond acceptors (Lipinski definition) is 6. The summed E-state index contributed by atoms with van der Waals surface area (Å²) < 4.78 is 15.2. The SMILES string of the molecule is CCOC(=O)c1c(C)[nH]c(C)c1C(=O)COC(=O)/C=C/c1ccccc1OC. The highest BCUT2D eigenvalue weighted by molar-refractivity contribution is 6.09. The number of benzene rings is 1.